The number of rotatable bonds is 47. The van der Waals surface area contributed by atoms with Gasteiger partial charge >= 0.3 is 0 Å². The van der Waals surface area contributed by atoms with E-state index in [9.17, 15) is 19.4 Å². The van der Waals surface area contributed by atoms with Gasteiger partial charge in [-0.2, -0.15) is 0 Å². The van der Waals surface area contributed by atoms with Crippen molar-refractivity contribution < 1.29 is 32.9 Å². The quantitative estimate of drug-likeness (QED) is 0.0273. The van der Waals surface area contributed by atoms with Crippen molar-refractivity contribution in [1.29, 1.82) is 0 Å². The number of amides is 1. The molecule has 0 bridgehead atoms. The van der Waals surface area contributed by atoms with Crippen LogP contribution in [0.3, 0.4) is 0 Å². The van der Waals surface area contributed by atoms with E-state index in [0.29, 0.717) is 17.4 Å². The van der Waals surface area contributed by atoms with Gasteiger partial charge in [0.25, 0.3) is 7.82 Å². The lowest BCUT2D eigenvalue weighted by atomic mass is 10.0. The van der Waals surface area contributed by atoms with E-state index >= 15 is 0 Å². The molecule has 0 heterocycles. The molecule has 3 atom stereocenters. The van der Waals surface area contributed by atoms with Gasteiger partial charge in [-0.05, 0) is 77.0 Å². The Morgan fingerprint density at radius 3 is 1.41 bits per heavy atom. The van der Waals surface area contributed by atoms with Crippen molar-refractivity contribution in [3.8, 4) is 0 Å². The maximum absolute atomic E-state index is 12.9. The van der Waals surface area contributed by atoms with Crippen molar-refractivity contribution in [2.45, 2.75) is 238 Å². The normalized spacial score (nSPS) is 14.6. The third-order valence-electron chi connectivity index (χ3n) is 11.4. The Labute approximate surface area is 390 Å². The summed E-state index contributed by atoms with van der Waals surface area (Å²) in [6, 6.07) is -0.916. The Kier molecular flexibility index (Phi) is 44.1. The predicted molar refractivity (Wildman–Crippen MR) is 270 cm³/mol. The van der Waals surface area contributed by atoms with Gasteiger partial charge in [0.15, 0.2) is 0 Å². The van der Waals surface area contributed by atoms with E-state index in [2.05, 4.69) is 67.8 Å². The molecule has 0 aliphatic carbocycles. The second kappa shape index (κ2) is 45.4. The lowest BCUT2D eigenvalue weighted by Gasteiger charge is -2.29. The number of hydrogen-bond donors (Lipinski definition) is 2. The highest BCUT2D eigenvalue weighted by atomic mass is 31.2. The van der Waals surface area contributed by atoms with Crippen LogP contribution in [0.2, 0.25) is 0 Å². The number of nitrogens with zero attached hydrogens (tertiary/aromatic N) is 1. The summed E-state index contributed by atoms with van der Waals surface area (Å²) >= 11 is 0. The number of nitrogens with one attached hydrogen (secondary N) is 1. The molecule has 0 saturated heterocycles. The van der Waals surface area contributed by atoms with Crippen LogP contribution in [0.1, 0.15) is 226 Å². The Morgan fingerprint density at radius 2 is 0.937 bits per heavy atom. The first-order valence-corrected chi connectivity index (χ1v) is 27.6. The monoisotopic (exact) mass is 905 g/mol. The van der Waals surface area contributed by atoms with Crippen LogP contribution in [-0.2, 0) is 18.4 Å². The predicted octanol–water partition coefficient (Wildman–Crippen LogP) is 14.7. The number of quaternary nitrogens is 1. The lowest BCUT2D eigenvalue weighted by Crippen LogP contribution is -2.45. The maximum atomic E-state index is 12.9. The third-order valence-corrected chi connectivity index (χ3v) is 12.4. The lowest BCUT2D eigenvalue weighted by molar-refractivity contribution is -0.870. The number of hydrogen-bond acceptors (Lipinski definition) is 6. The molecule has 1 amide bonds. The molecular formula is C54H101N2O6P. The number of phosphoric acid groups is 1. The van der Waals surface area contributed by atoms with Crippen molar-refractivity contribution in [3.63, 3.8) is 0 Å². The number of likely N-dealkylation sites (N-methyl/N-ethyl adjacent to an activating group) is 1. The number of carbonyl (C=O) groups excluding carboxylic acids is 1. The zero-order chi connectivity index (χ0) is 46.4. The van der Waals surface area contributed by atoms with Crippen LogP contribution < -0.4 is 10.2 Å². The van der Waals surface area contributed by atoms with Gasteiger partial charge in [0.05, 0.1) is 39.9 Å². The SMILES string of the molecule is CCCCC/C=C\C/C=C\CCCCCCCCCC(=O)NC(COP(=O)([O-])OCC[N+](C)(C)C)C(O)/C=C/CC/C=C/CC/C=C/CCCCCCCCCCCCCCCC. The topological polar surface area (TPSA) is 108 Å². The number of aliphatic hydroxyl groups is 1. The van der Waals surface area contributed by atoms with E-state index < -0.39 is 26.6 Å². The zero-order valence-electron chi connectivity index (χ0n) is 41.8. The van der Waals surface area contributed by atoms with Crippen LogP contribution in [0, 0.1) is 0 Å². The molecule has 0 radical (unpaired) electrons. The zero-order valence-corrected chi connectivity index (χ0v) is 42.7. The Hall–Kier alpha value is -1.80. The molecule has 2 N–H and O–H groups in total. The van der Waals surface area contributed by atoms with Crippen molar-refractivity contribution in [2.24, 2.45) is 0 Å². The van der Waals surface area contributed by atoms with E-state index in [1.54, 1.807) is 6.08 Å². The Balaban J connectivity index is 4.38. The highest BCUT2D eigenvalue weighted by Crippen LogP contribution is 2.38. The van der Waals surface area contributed by atoms with Crippen LogP contribution in [0.5, 0.6) is 0 Å². The first-order chi connectivity index (χ1) is 30.5. The maximum Gasteiger partial charge on any atom is 0.268 e. The smallest absolute Gasteiger partial charge is 0.268 e. The van der Waals surface area contributed by atoms with E-state index in [1.165, 1.54) is 141 Å². The third kappa shape index (κ3) is 48.0. The van der Waals surface area contributed by atoms with Crippen LogP contribution in [0.25, 0.3) is 0 Å². The standard InChI is InChI=1S/C54H101N2O6P/c1-6-8-10-12-14-16-18-20-22-24-25-26-27-28-29-30-32-33-35-37-39-41-43-45-47-53(57)52(51-62-63(59,60)61-50-49-56(3,4)5)55-54(58)48-46-44-42-40-38-36-34-31-23-21-19-17-15-13-11-9-7-2/h15,17,21,23,30,32,37,39,45,47,52-53,57H,6-14,16,18-20,22,24-29,31,33-36,38,40-44,46,48-51H2,1-5H3,(H-,55,58,59,60)/b17-15-,23-21-,32-30+,39-37+,47-45+. The molecule has 0 fully saturated rings. The molecule has 8 nitrogen and oxygen atoms in total. The van der Waals surface area contributed by atoms with Crippen LogP contribution in [0.4, 0.5) is 0 Å². The minimum atomic E-state index is -4.61. The number of unbranched alkanes of at least 4 members (excludes halogenated alkanes) is 26. The minimum Gasteiger partial charge on any atom is -0.756 e. The molecule has 0 aromatic heterocycles. The largest absolute Gasteiger partial charge is 0.756 e. The molecular weight excluding hydrogens is 804 g/mol. The summed E-state index contributed by atoms with van der Waals surface area (Å²) in [7, 11) is 1.22. The molecule has 3 unspecified atom stereocenters. The molecule has 0 saturated carbocycles. The molecule has 0 aromatic rings. The number of allylic oxidation sites excluding steroid dienone is 9. The second-order valence-electron chi connectivity index (χ2n) is 18.9. The van der Waals surface area contributed by atoms with Gasteiger partial charge < -0.3 is 28.8 Å². The second-order valence-corrected chi connectivity index (χ2v) is 20.3. The summed E-state index contributed by atoms with van der Waals surface area (Å²) in [5, 5.41) is 13.8. The highest BCUT2D eigenvalue weighted by molar-refractivity contribution is 7.45. The first kappa shape index (κ1) is 61.2. The number of phosphoric ester groups is 1. The fourth-order valence-electron chi connectivity index (χ4n) is 7.27. The van der Waals surface area contributed by atoms with Crippen molar-refractivity contribution in [3.05, 3.63) is 60.8 Å². The van der Waals surface area contributed by atoms with Crippen LogP contribution >= 0.6 is 7.82 Å². The van der Waals surface area contributed by atoms with Gasteiger partial charge in [-0.15, -0.1) is 0 Å². The van der Waals surface area contributed by atoms with E-state index in [0.717, 1.165) is 64.2 Å². The molecule has 9 heteroatoms. The van der Waals surface area contributed by atoms with E-state index in [4.69, 9.17) is 9.05 Å². The van der Waals surface area contributed by atoms with Crippen LogP contribution in [0.15, 0.2) is 60.8 Å². The molecule has 0 aliphatic rings. The Bertz CT molecular complexity index is 1210. The first-order valence-electron chi connectivity index (χ1n) is 26.2. The van der Waals surface area contributed by atoms with E-state index in [1.807, 2.05) is 27.2 Å². The van der Waals surface area contributed by atoms with Crippen molar-refractivity contribution >= 4 is 13.7 Å². The molecule has 0 aromatic carbocycles. The summed E-state index contributed by atoms with van der Waals surface area (Å²) < 4.78 is 23.3. The fraction of sp³-hybridized carbons (Fsp3) is 0.796. The summed E-state index contributed by atoms with van der Waals surface area (Å²) in [6.07, 6.45) is 60.0. The van der Waals surface area contributed by atoms with Gasteiger partial charge in [0, 0.05) is 6.42 Å². The van der Waals surface area contributed by atoms with Crippen molar-refractivity contribution in [2.75, 3.05) is 40.9 Å². The summed E-state index contributed by atoms with van der Waals surface area (Å²) in [5.74, 6) is -0.220. The molecule has 0 rings (SSSR count). The van der Waals surface area contributed by atoms with Gasteiger partial charge in [0.1, 0.15) is 13.2 Å². The molecule has 0 aliphatic heterocycles. The average Bonchev–Trinajstić information content (AvgIpc) is 3.24. The highest BCUT2D eigenvalue weighted by Gasteiger charge is 2.23. The van der Waals surface area contributed by atoms with Gasteiger partial charge in [-0.1, -0.05) is 203 Å². The summed E-state index contributed by atoms with van der Waals surface area (Å²) in [4.78, 5) is 25.4. The van der Waals surface area contributed by atoms with Crippen molar-refractivity contribution in [1.82, 2.24) is 5.32 Å². The van der Waals surface area contributed by atoms with E-state index in [-0.39, 0.29) is 12.5 Å². The van der Waals surface area contributed by atoms with Gasteiger partial charge in [0.2, 0.25) is 5.91 Å². The number of aliphatic hydroxyl groups excluding tert-OH is 1. The minimum absolute atomic E-state index is 0.0126. The van der Waals surface area contributed by atoms with Gasteiger partial charge in [-0.3, -0.25) is 9.36 Å². The average molecular weight is 905 g/mol. The summed E-state index contributed by atoms with van der Waals surface area (Å²) in [6.45, 7) is 4.59. The fourth-order valence-corrected chi connectivity index (χ4v) is 8.00. The van der Waals surface area contributed by atoms with Crippen LogP contribution in [-0.4, -0.2) is 68.5 Å². The Morgan fingerprint density at radius 1 is 0.556 bits per heavy atom. The molecule has 0 spiro atoms. The molecule has 368 valence electrons. The molecule has 63 heavy (non-hydrogen) atoms. The van der Waals surface area contributed by atoms with Gasteiger partial charge in [-0.25, -0.2) is 0 Å². The summed E-state index contributed by atoms with van der Waals surface area (Å²) in [5.41, 5.74) is 0. The number of carbonyl (C=O) groups is 1.